The minimum Gasteiger partial charge on any atom is -0.467 e. The summed E-state index contributed by atoms with van der Waals surface area (Å²) in [7, 11) is 1.27. The van der Waals surface area contributed by atoms with E-state index in [-0.39, 0.29) is 12.5 Å². The molecule has 0 spiro atoms. The molecule has 27 heavy (non-hydrogen) atoms. The second-order valence-corrected chi connectivity index (χ2v) is 7.76. The first kappa shape index (κ1) is 22.5. The first-order valence-electron chi connectivity index (χ1n) is 8.91. The fourth-order valence-electron chi connectivity index (χ4n) is 2.41. The summed E-state index contributed by atoms with van der Waals surface area (Å²) in [6.07, 6.45) is -0.696. The number of hydrogen-bond acceptors (Lipinski definition) is 5. The van der Waals surface area contributed by atoms with Gasteiger partial charge in [0.15, 0.2) is 0 Å². The second kappa shape index (κ2) is 9.94. The molecule has 1 aromatic rings. The Kier molecular flexibility index (Phi) is 8.28. The molecule has 1 rings (SSSR count). The van der Waals surface area contributed by atoms with Crippen molar-refractivity contribution >= 4 is 18.0 Å². The molecule has 2 N–H and O–H groups in total. The van der Waals surface area contributed by atoms with E-state index in [0.717, 1.165) is 5.56 Å². The number of carbonyl (C=O) groups excluding carboxylic acids is 3. The predicted octanol–water partition coefficient (Wildman–Crippen LogP) is 2.64. The molecule has 0 aliphatic carbocycles. The molecular weight excluding hydrogens is 348 g/mol. The van der Waals surface area contributed by atoms with Crippen LogP contribution < -0.4 is 10.6 Å². The highest BCUT2D eigenvalue weighted by molar-refractivity contribution is 5.90. The summed E-state index contributed by atoms with van der Waals surface area (Å²) >= 11 is 0. The molecule has 0 heterocycles. The average Bonchev–Trinajstić information content (AvgIpc) is 2.61. The third kappa shape index (κ3) is 7.29. The van der Waals surface area contributed by atoms with Gasteiger partial charge in [-0.15, -0.1) is 0 Å². The van der Waals surface area contributed by atoms with Crippen LogP contribution >= 0.6 is 0 Å². The Hall–Kier alpha value is -2.57. The Morgan fingerprint density at radius 3 is 2.11 bits per heavy atom. The minimum atomic E-state index is -0.845. The van der Waals surface area contributed by atoms with Gasteiger partial charge in [-0.1, -0.05) is 65.0 Å². The van der Waals surface area contributed by atoms with E-state index in [2.05, 4.69) is 10.6 Å². The largest absolute Gasteiger partial charge is 0.467 e. The maximum atomic E-state index is 12.7. The maximum Gasteiger partial charge on any atom is 0.408 e. The number of carbonyl (C=O) groups is 3. The topological polar surface area (TPSA) is 93.7 Å². The van der Waals surface area contributed by atoms with Gasteiger partial charge in [0.1, 0.15) is 18.7 Å². The molecule has 0 aliphatic heterocycles. The Labute approximate surface area is 160 Å². The van der Waals surface area contributed by atoms with E-state index in [1.807, 2.05) is 51.1 Å². The number of hydrogen-bond donors (Lipinski definition) is 2. The van der Waals surface area contributed by atoms with E-state index in [4.69, 9.17) is 9.47 Å². The fraction of sp³-hybridized carbons (Fsp3) is 0.550. The third-order valence-corrected chi connectivity index (χ3v) is 4.02. The monoisotopic (exact) mass is 378 g/mol. The van der Waals surface area contributed by atoms with Crippen LogP contribution in [0.25, 0.3) is 0 Å². The van der Waals surface area contributed by atoms with Gasteiger partial charge in [0.25, 0.3) is 0 Å². The zero-order valence-electron chi connectivity index (χ0n) is 16.9. The smallest absolute Gasteiger partial charge is 0.408 e. The quantitative estimate of drug-likeness (QED) is 0.712. The molecule has 2 atom stereocenters. The third-order valence-electron chi connectivity index (χ3n) is 4.02. The van der Waals surface area contributed by atoms with Gasteiger partial charge in [0.2, 0.25) is 5.91 Å². The summed E-state index contributed by atoms with van der Waals surface area (Å²) in [5.41, 5.74) is 0.301. The number of ether oxygens (including phenoxy) is 2. The fourth-order valence-corrected chi connectivity index (χ4v) is 2.41. The molecular formula is C20H30N2O5. The van der Waals surface area contributed by atoms with Crippen LogP contribution in [0.5, 0.6) is 0 Å². The van der Waals surface area contributed by atoms with Crippen molar-refractivity contribution in [3.8, 4) is 0 Å². The van der Waals surface area contributed by atoms with Gasteiger partial charge in [-0.05, 0) is 16.9 Å². The van der Waals surface area contributed by atoms with Crippen LogP contribution in [-0.4, -0.2) is 37.2 Å². The van der Waals surface area contributed by atoms with Crippen LogP contribution in [0.1, 0.15) is 40.2 Å². The molecule has 0 fully saturated rings. The highest BCUT2D eigenvalue weighted by atomic mass is 16.5. The summed E-state index contributed by atoms with van der Waals surface area (Å²) in [6.45, 7) is 9.16. The van der Waals surface area contributed by atoms with E-state index in [1.165, 1.54) is 7.11 Å². The van der Waals surface area contributed by atoms with Crippen LogP contribution in [0, 0.1) is 11.3 Å². The molecule has 0 unspecified atom stereocenters. The van der Waals surface area contributed by atoms with Gasteiger partial charge < -0.3 is 20.1 Å². The number of alkyl carbamates (subject to hydrolysis) is 1. The lowest BCUT2D eigenvalue weighted by molar-refractivity contribution is -0.148. The van der Waals surface area contributed by atoms with Crippen molar-refractivity contribution in [3.63, 3.8) is 0 Å². The molecule has 0 aromatic heterocycles. The van der Waals surface area contributed by atoms with E-state index in [0.29, 0.717) is 0 Å². The van der Waals surface area contributed by atoms with Crippen molar-refractivity contribution < 1.29 is 23.9 Å². The Morgan fingerprint density at radius 2 is 1.63 bits per heavy atom. The first-order chi connectivity index (χ1) is 12.6. The molecule has 0 radical (unpaired) electrons. The number of nitrogens with one attached hydrogen (secondary N) is 2. The number of esters is 1. The van der Waals surface area contributed by atoms with Crippen molar-refractivity contribution in [2.75, 3.05) is 7.11 Å². The van der Waals surface area contributed by atoms with Gasteiger partial charge in [-0.3, -0.25) is 4.79 Å². The van der Waals surface area contributed by atoms with Crippen molar-refractivity contribution in [2.24, 2.45) is 11.3 Å². The summed E-state index contributed by atoms with van der Waals surface area (Å²) in [4.78, 5) is 36.8. The average molecular weight is 378 g/mol. The van der Waals surface area contributed by atoms with Crippen molar-refractivity contribution in [3.05, 3.63) is 35.9 Å². The number of rotatable bonds is 7. The highest BCUT2D eigenvalue weighted by Gasteiger charge is 2.36. The van der Waals surface area contributed by atoms with E-state index in [1.54, 1.807) is 13.8 Å². The molecule has 0 saturated carbocycles. The van der Waals surface area contributed by atoms with Gasteiger partial charge in [-0.25, -0.2) is 9.59 Å². The molecule has 7 heteroatoms. The maximum absolute atomic E-state index is 12.7. The van der Waals surface area contributed by atoms with Gasteiger partial charge in [0, 0.05) is 0 Å². The predicted molar refractivity (Wildman–Crippen MR) is 102 cm³/mol. The molecule has 0 bridgehead atoms. The van der Waals surface area contributed by atoms with Crippen LogP contribution in [0.2, 0.25) is 0 Å². The molecule has 2 amide bonds. The molecule has 0 saturated heterocycles. The molecule has 1 aromatic carbocycles. The second-order valence-electron chi connectivity index (χ2n) is 7.76. The lowest BCUT2D eigenvalue weighted by Crippen LogP contribution is -2.57. The highest BCUT2D eigenvalue weighted by Crippen LogP contribution is 2.20. The number of benzene rings is 1. The lowest BCUT2D eigenvalue weighted by Gasteiger charge is -2.31. The van der Waals surface area contributed by atoms with Gasteiger partial charge >= 0.3 is 12.1 Å². The standard InChI is InChI=1S/C20H30N2O5/c1-13(2)15(17(23)22-16(18(24)26-6)20(3,4)5)21-19(25)27-12-14-10-8-7-9-11-14/h7-11,13,15-16H,12H2,1-6H3,(H,21,25)(H,22,23)/t15-,16+/m0/s1. The molecule has 150 valence electrons. The van der Waals surface area contributed by atoms with E-state index < -0.39 is 35.5 Å². The SMILES string of the molecule is COC(=O)[C@@H](NC(=O)[C@@H](NC(=O)OCc1ccccc1)C(C)C)C(C)(C)C. The zero-order valence-corrected chi connectivity index (χ0v) is 16.9. The van der Waals surface area contributed by atoms with Gasteiger partial charge in [-0.2, -0.15) is 0 Å². The van der Waals surface area contributed by atoms with Crippen molar-refractivity contribution in [1.82, 2.24) is 10.6 Å². The van der Waals surface area contributed by atoms with Crippen LogP contribution in [0.15, 0.2) is 30.3 Å². The number of methoxy groups -OCH3 is 1. The summed E-state index contributed by atoms with van der Waals surface area (Å²) in [5.74, 6) is -1.20. The lowest BCUT2D eigenvalue weighted by atomic mass is 9.86. The van der Waals surface area contributed by atoms with E-state index in [9.17, 15) is 14.4 Å². The molecule has 0 aliphatic rings. The van der Waals surface area contributed by atoms with Crippen molar-refractivity contribution in [2.45, 2.75) is 53.3 Å². The van der Waals surface area contributed by atoms with E-state index >= 15 is 0 Å². The molecule has 7 nitrogen and oxygen atoms in total. The Morgan fingerprint density at radius 1 is 1.04 bits per heavy atom. The summed E-state index contributed by atoms with van der Waals surface area (Å²) < 4.78 is 9.96. The minimum absolute atomic E-state index is 0.103. The Balaban J connectivity index is 2.74. The first-order valence-corrected chi connectivity index (χ1v) is 8.91. The van der Waals surface area contributed by atoms with Crippen LogP contribution in [0.3, 0.4) is 0 Å². The zero-order chi connectivity index (χ0) is 20.6. The summed E-state index contributed by atoms with van der Waals surface area (Å²) in [5, 5.41) is 5.26. The summed E-state index contributed by atoms with van der Waals surface area (Å²) in [6, 6.07) is 7.56. The van der Waals surface area contributed by atoms with Crippen molar-refractivity contribution in [1.29, 1.82) is 0 Å². The normalized spacial score (nSPS) is 13.4. The van der Waals surface area contributed by atoms with Gasteiger partial charge in [0.05, 0.1) is 7.11 Å². The van der Waals surface area contributed by atoms with Crippen LogP contribution in [-0.2, 0) is 25.7 Å². The van der Waals surface area contributed by atoms with Crippen LogP contribution in [0.4, 0.5) is 4.79 Å². The number of amides is 2. The Bertz CT molecular complexity index is 638.